The predicted molar refractivity (Wildman–Crippen MR) is 103 cm³/mol. The first-order chi connectivity index (χ1) is 12.6. The second kappa shape index (κ2) is 6.93. The van der Waals surface area contributed by atoms with Crippen molar-refractivity contribution < 1.29 is 4.74 Å². The molecule has 0 radical (unpaired) electrons. The van der Waals surface area contributed by atoms with Gasteiger partial charge < -0.3 is 10.5 Å². The smallest absolute Gasteiger partial charge is 0.257 e. The van der Waals surface area contributed by atoms with E-state index in [1.54, 1.807) is 18.4 Å². The Morgan fingerprint density at radius 3 is 2.85 bits per heavy atom. The highest BCUT2D eigenvalue weighted by Crippen LogP contribution is 2.30. The summed E-state index contributed by atoms with van der Waals surface area (Å²) in [6.07, 6.45) is 0.750. The molecule has 0 fully saturated rings. The molecular formula is C19H20N4O2S. The van der Waals surface area contributed by atoms with E-state index in [4.69, 9.17) is 10.5 Å². The van der Waals surface area contributed by atoms with Gasteiger partial charge in [0.05, 0.1) is 18.4 Å². The molecular weight excluding hydrogens is 348 g/mol. The molecule has 1 aliphatic rings. The van der Waals surface area contributed by atoms with Crippen molar-refractivity contribution in [2.45, 2.75) is 19.5 Å². The Bertz CT molecular complexity index is 978. The van der Waals surface area contributed by atoms with Crippen LogP contribution in [0.5, 0.6) is 5.75 Å². The number of H-pyrrole nitrogens is 1. The molecule has 3 heterocycles. The van der Waals surface area contributed by atoms with Crippen LogP contribution in [-0.4, -0.2) is 28.5 Å². The summed E-state index contributed by atoms with van der Waals surface area (Å²) in [5.74, 6) is 1.06. The number of aromatic nitrogens is 2. The summed E-state index contributed by atoms with van der Waals surface area (Å²) >= 11 is 1.78. The SMILES string of the molecule is COc1ccc(-c2ccc(CN3CCc4nc(N)[nH]c(=O)c4C3)s2)cc1. The van der Waals surface area contributed by atoms with Gasteiger partial charge in [0.2, 0.25) is 5.95 Å². The zero-order valence-electron chi connectivity index (χ0n) is 14.5. The first-order valence-corrected chi connectivity index (χ1v) is 9.27. The van der Waals surface area contributed by atoms with E-state index in [0.717, 1.165) is 36.5 Å². The maximum absolute atomic E-state index is 12.1. The van der Waals surface area contributed by atoms with Gasteiger partial charge in [-0.2, -0.15) is 0 Å². The molecule has 6 nitrogen and oxygen atoms in total. The highest BCUT2D eigenvalue weighted by atomic mass is 32.1. The quantitative estimate of drug-likeness (QED) is 0.740. The van der Waals surface area contributed by atoms with E-state index in [9.17, 15) is 4.79 Å². The number of nitrogens with two attached hydrogens (primary N) is 1. The Morgan fingerprint density at radius 1 is 1.27 bits per heavy atom. The van der Waals surface area contributed by atoms with E-state index < -0.39 is 0 Å². The van der Waals surface area contributed by atoms with Crippen LogP contribution in [0.4, 0.5) is 5.95 Å². The highest BCUT2D eigenvalue weighted by molar-refractivity contribution is 7.15. The van der Waals surface area contributed by atoms with Crippen LogP contribution in [-0.2, 0) is 19.5 Å². The van der Waals surface area contributed by atoms with E-state index in [1.165, 1.54) is 15.3 Å². The van der Waals surface area contributed by atoms with Crippen LogP contribution in [0.3, 0.4) is 0 Å². The molecule has 2 aromatic heterocycles. The third-order valence-corrected chi connectivity index (χ3v) is 5.70. The first kappa shape index (κ1) is 16.8. The Morgan fingerprint density at radius 2 is 2.08 bits per heavy atom. The molecule has 0 bridgehead atoms. The molecule has 7 heteroatoms. The summed E-state index contributed by atoms with van der Waals surface area (Å²) in [4.78, 5) is 23.8. The summed E-state index contributed by atoms with van der Waals surface area (Å²) in [7, 11) is 1.67. The van der Waals surface area contributed by atoms with Crippen LogP contribution in [0.1, 0.15) is 16.1 Å². The maximum atomic E-state index is 12.1. The molecule has 0 amide bonds. The van der Waals surface area contributed by atoms with E-state index in [1.807, 2.05) is 12.1 Å². The zero-order chi connectivity index (χ0) is 18.1. The Hall–Kier alpha value is -2.64. The van der Waals surface area contributed by atoms with Crippen LogP contribution in [0, 0.1) is 0 Å². The normalized spacial score (nSPS) is 14.2. The molecule has 4 rings (SSSR count). The van der Waals surface area contributed by atoms with Crippen LogP contribution >= 0.6 is 11.3 Å². The molecule has 134 valence electrons. The van der Waals surface area contributed by atoms with E-state index >= 15 is 0 Å². The highest BCUT2D eigenvalue weighted by Gasteiger charge is 2.21. The van der Waals surface area contributed by atoms with Crippen molar-refractivity contribution in [3.8, 4) is 16.2 Å². The fraction of sp³-hybridized carbons (Fsp3) is 0.263. The summed E-state index contributed by atoms with van der Waals surface area (Å²) in [6.45, 7) is 2.30. The van der Waals surface area contributed by atoms with Gasteiger partial charge in [-0.25, -0.2) is 4.98 Å². The van der Waals surface area contributed by atoms with Crippen molar-refractivity contribution in [2.75, 3.05) is 19.4 Å². The number of nitrogen functional groups attached to an aromatic ring is 1. The van der Waals surface area contributed by atoms with Gasteiger partial charge in [-0.1, -0.05) is 0 Å². The van der Waals surface area contributed by atoms with Crippen molar-refractivity contribution >= 4 is 17.3 Å². The van der Waals surface area contributed by atoms with Crippen molar-refractivity contribution in [3.05, 3.63) is 62.9 Å². The van der Waals surface area contributed by atoms with Gasteiger partial charge >= 0.3 is 0 Å². The zero-order valence-corrected chi connectivity index (χ0v) is 15.3. The van der Waals surface area contributed by atoms with Crippen molar-refractivity contribution in [1.82, 2.24) is 14.9 Å². The number of methoxy groups -OCH3 is 1. The number of thiophene rings is 1. The molecule has 0 saturated heterocycles. The minimum Gasteiger partial charge on any atom is -0.497 e. The van der Waals surface area contributed by atoms with Crippen molar-refractivity contribution in [1.29, 1.82) is 0 Å². The van der Waals surface area contributed by atoms with Crippen LogP contribution in [0.15, 0.2) is 41.2 Å². The molecule has 1 aliphatic heterocycles. The number of hydrogen-bond acceptors (Lipinski definition) is 6. The summed E-state index contributed by atoms with van der Waals surface area (Å²) in [6, 6.07) is 12.4. The largest absolute Gasteiger partial charge is 0.497 e. The molecule has 3 N–H and O–H groups in total. The van der Waals surface area contributed by atoms with Gasteiger partial charge in [0.1, 0.15) is 5.75 Å². The van der Waals surface area contributed by atoms with Gasteiger partial charge in [0.25, 0.3) is 5.56 Å². The Labute approximate surface area is 155 Å². The summed E-state index contributed by atoms with van der Waals surface area (Å²) < 4.78 is 5.21. The molecule has 26 heavy (non-hydrogen) atoms. The Kier molecular flexibility index (Phi) is 4.48. The fourth-order valence-corrected chi connectivity index (χ4v) is 4.28. The number of nitrogens with one attached hydrogen (secondary N) is 1. The van der Waals surface area contributed by atoms with Crippen LogP contribution in [0.2, 0.25) is 0 Å². The van der Waals surface area contributed by atoms with Crippen molar-refractivity contribution in [3.63, 3.8) is 0 Å². The third kappa shape index (κ3) is 3.36. The minimum absolute atomic E-state index is 0.123. The molecule has 0 atom stereocenters. The number of ether oxygens (including phenoxy) is 1. The van der Waals surface area contributed by atoms with E-state index in [-0.39, 0.29) is 11.5 Å². The van der Waals surface area contributed by atoms with Gasteiger partial charge in [0, 0.05) is 35.8 Å². The van der Waals surface area contributed by atoms with Gasteiger partial charge in [-0.3, -0.25) is 14.7 Å². The Balaban J connectivity index is 1.48. The van der Waals surface area contributed by atoms with E-state index in [2.05, 4.69) is 39.1 Å². The number of anilines is 1. The number of nitrogens with zero attached hydrogens (tertiary/aromatic N) is 2. The van der Waals surface area contributed by atoms with Gasteiger partial charge in [0.15, 0.2) is 0 Å². The van der Waals surface area contributed by atoms with Crippen LogP contribution < -0.4 is 16.0 Å². The molecule has 0 saturated carbocycles. The standard InChI is InChI=1S/C19H20N4O2S/c1-25-13-4-2-12(3-5-13)17-7-6-14(26-17)10-23-9-8-16-15(11-23)18(24)22-19(20)21-16/h2-7H,8-11H2,1H3,(H3,20,21,22,24). The summed E-state index contributed by atoms with van der Waals surface area (Å²) in [5, 5.41) is 0. The topological polar surface area (TPSA) is 84.2 Å². The average molecular weight is 368 g/mol. The molecule has 1 aromatic carbocycles. The molecule has 0 unspecified atom stereocenters. The average Bonchev–Trinajstić information content (AvgIpc) is 3.11. The lowest BCUT2D eigenvalue weighted by atomic mass is 10.1. The fourth-order valence-electron chi connectivity index (χ4n) is 3.23. The predicted octanol–water partition coefficient (Wildman–Crippen LogP) is 2.65. The lowest BCUT2D eigenvalue weighted by Crippen LogP contribution is -2.35. The van der Waals surface area contributed by atoms with Crippen LogP contribution in [0.25, 0.3) is 10.4 Å². The van der Waals surface area contributed by atoms with E-state index in [0.29, 0.717) is 6.54 Å². The van der Waals surface area contributed by atoms with Gasteiger partial charge in [-0.05, 0) is 42.0 Å². The summed E-state index contributed by atoms with van der Waals surface area (Å²) in [5.41, 5.74) is 8.25. The molecule has 3 aromatic rings. The number of hydrogen-bond donors (Lipinski definition) is 2. The minimum atomic E-state index is -0.123. The number of aromatic amines is 1. The number of rotatable bonds is 4. The second-order valence-electron chi connectivity index (χ2n) is 6.33. The number of fused-ring (bicyclic) bond motifs is 1. The molecule has 0 aliphatic carbocycles. The van der Waals surface area contributed by atoms with Crippen molar-refractivity contribution in [2.24, 2.45) is 0 Å². The lowest BCUT2D eigenvalue weighted by Gasteiger charge is -2.26. The number of benzene rings is 1. The first-order valence-electron chi connectivity index (χ1n) is 8.45. The maximum Gasteiger partial charge on any atom is 0.257 e. The molecule has 0 spiro atoms. The second-order valence-corrected chi connectivity index (χ2v) is 7.50. The lowest BCUT2D eigenvalue weighted by molar-refractivity contribution is 0.244. The monoisotopic (exact) mass is 368 g/mol. The third-order valence-electron chi connectivity index (χ3n) is 4.58. The van der Waals surface area contributed by atoms with Gasteiger partial charge in [-0.15, -0.1) is 11.3 Å².